The van der Waals surface area contributed by atoms with Crippen LogP contribution in [-0.2, 0) is 6.42 Å². The van der Waals surface area contributed by atoms with Crippen molar-refractivity contribution in [1.82, 2.24) is 0 Å². The van der Waals surface area contributed by atoms with Gasteiger partial charge in [-0.3, -0.25) is 0 Å². The van der Waals surface area contributed by atoms with Crippen LogP contribution in [0.1, 0.15) is 37.3 Å². The lowest BCUT2D eigenvalue weighted by Gasteiger charge is -2.27. The van der Waals surface area contributed by atoms with Gasteiger partial charge in [0.15, 0.2) is 0 Å². The van der Waals surface area contributed by atoms with E-state index in [4.69, 9.17) is 16.3 Å². The number of aryl methyl sites for hydroxylation is 1. The van der Waals surface area contributed by atoms with Crippen molar-refractivity contribution in [3.8, 4) is 11.5 Å². The summed E-state index contributed by atoms with van der Waals surface area (Å²) in [5.74, 6) is 2.96. The monoisotopic (exact) mass is 474 g/mol. The molecule has 2 aromatic rings. The number of aliphatic hydroxyl groups excluding tert-OH is 2. The van der Waals surface area contributed by atoms with Crippen LogP contribution in [0.3, 0.4) is 0 Å². The molecular weight excluding hydrogens is 452 g/mol. The van der Waals surface area contributed by atoms with E-state index in [-0.39, 0.29) is 11.8 Å². The summed E-state index contributed by atoms with van der Waals surface area (Å²) < 4.78 is 6.94. The van der Waals surface area contributed by atoms with Crippen molar-refractivity contribution in [3.05, 3.63) is 62.8 Å². The van der Waals surface area contributed by atoms with Crippen LogP contribution < -0.4 is 4.74 Å². The third kappa shape index (κ3) is 3.11. The first kappa shape index (κ1) is 19.5. The number of halogens is 2. The Balaban J connectivity index is 1.53. The zero-order valence-corrected chi connectivity index (χ0v) is 18.6. The Bertz CT molecular complexity index is 1000. The minimum atomic E-state index is -0.605. The van der Waals surface area contributed by atoms with Gasteiger partial charge < -0.3 is 14.9 Å². The van der Waals surface area contributed by atoms with Crippen molar-refractivity contribution in [2.24, 2.45) is 23.7 Å². The summed E-state index contributed by atoms with van der Waals surface area (Å²) in [7, 11) is 0. The van der Waals surface area contributed by atoms with E-state index in [9.17, 15) is 10.2 Å². The van der Waals surface area contributed by atoms with Gasteiger partial charge in [0.25, 0.3) is 0 Å². The van der Waals surface area contributed by atoms with Crippen molar-refractivity contribution in [2.45, 2.75) is 38.7 Å². The number of rotatable bonds is 4. The lowest BCUT2D eigenvalue weighted by atomic mass is 9.79. The molecule has 0 amide bonds. The summed E-state index contributed by atoms with van der Waals surface area (Å²) in [5, 5.41) is 22.9. The molecule has 0 radical (unpaired) electrons. The standard InChI is InChI=1S/C24H24BrClO3/c1-2-12-5-7-16(29-19-8-6-15(25)10-18(19)26)11-17(12)22-23(27)20-13-3-4-14(9-13)21(20)24(22)28/h5-8,10-11,13-14,20-21,23,27-28H,2-4,9H2,1H3/t13-,14+,20-,21+,23?/m1/s1. The number of hydrogen-bond donors (Lipinski definition) is 2. The van der Waals surface area contributed by atoms with Crippen LogP contribution >= 0.6 is 27.5 Å². The van der Waals surface area contributed by atoms with E-state index in [2.05, 4.69) is 22.9 Å². The average Bonchev–Trinajstić information content (AvgIpc) is 3.38. The van der Waals surface area contributed by atoms with Crippen LogP contribution in [0.25, 0.3) is 5.57 Å². The van der Waals surface area contributed by atoms with Gasteiger partial charge in [0.2, 0.25) is 0 Å². The number of allylic oxidation sites excluding steroid dienone is 1. The fourth-order valence-electron chi connectivity index (χ4n) is 5.88. The first-order valence-electron chi connectivity index (χ1n) is 10.3. The van der Waals surface area contributed by atoms with Crippen molar-refractivity contribution in [2.75, 3.05) is 0 Å². The molecule has 5 atom stereocenters. The second kappa shape index (κ2) is 7.33. The summed E-state index contributed by atoms with van der Waals surface area (Å²) in [4.78, 5) is 0. The molecule has 2 bridgehead atoms. The highest BCUT2D eigenvalue weighted by Gasteiger charge is 2.57. The molecule has 0 heterocycles. The molecule has 2 fully saturated rings. The Morgan fingerprint density at radius 1 is 1.14 bits per heavy atom. The van der Waals surface area contributed by atoms with Crippen molar-refractivity contribution >= 4 is 33.1 Å². The van der Waals surface area contributed by atoms with E-state index >= 15 is 0 Å². The molecule has 3 aliphatic rings. The van der Waals surface area contributed by atoms with E-state index in [0.717, 1.165) is 28.4 Å². The Morgan fingerprint density at radius 3 is 2.66 bits per heavy atom. The number of fused-ring (bicyclic) bond motifs is 5. The molecule has 3 aliphatic carbocycles. The average molecular weight is 476 g/mol. The maximum atomic E-state index is 11.2. The maximum Gasteiger partial charge on any atom is 0.146 e. The van der Waals surface area contributed by atoms with Crippen LogP contribution in [0.15, 0.2) is 46.6 Å². The van der Waals surface area contributed by atoms with Gasteiger partial charge >= 0.3 is 0 Å². The fraction of sp³-hybridized carbons (Fsp3) is 0.417. The largest absolute Gasteiger partial charge is 0.512 e. The highest BCUT2D eigenvalue weighted by Crippen LogP contribution is 2.61. The Labute approximate surface area is 184 Å². The lowest BCUT2D eigenvalue weighted by Crippen LogP contribution is -2.28. The van der Waals surface area contributed by atoms with Gasteiger partial charge in [-0.2, -0.15) is 0 Å². The van der Waals surface area contributed by atoms with Crippen LogP contribution in [0.4, 0.5) is 0 Å². The van der Waals surface area contributed by atoms with Crippen molar-refractivity contribution in [3.63, 3.8) is 0 Å². The van der Waals surface area contributed by atoms with E-state index in [1.807, 2.05) is 30.3 Å². The molecule has 2 N–H and O–H groups in total. The summed E-state index contributed by atoms with van der Waals surface area (Å²) in [5.41, 5.74) is 2.71. The molecule has 3 nitrogen and oxygen atoms in total. The maximum absolute atomic E-state index is 11.2. The summed E-state index contributed by atoms with van der Waals surface area (Å²) in [6, 6.07) is 11.4. The predicted molar refractivity (Wildman–Crippen MR) is 118 cm³/mol. The molecule has 0 spiro atoms. The van der Waals surface area contributed by atoms with Crippen molar-refractivity contribution in [1.29, 1.82) is 0 Å². The summed E-state index contributed by atoms with van der Waals surface area (Å²) >= 11 is 9.72. The van der Waals surface area contributed by atoms with Crippen LogP contribution in [0, 0.1) is 23.7 Å². The number of benzene rings is 2. The topological polar surface area (TPSA) is 49.7 Å². The van der Waals surface area contributed by atoms with Crippen molar-refractivity contribution < 1.29 is 14.9 Å². The molecule has 0 aromatic heterocycles. The normalized spacial score (nSPS) is 30.1. The highest BCUT2D eigenvalue weighted by molar-refractivity contribution is 9.10. The van der Waals surface area contributed by atoms with E-state index < -0.39 is 6.10 Å². The highest BCUT2D eigenvalue weighted by atomic mass is 79.9. The van der Waals surface area contributed by atoms with Gasteiger partial charge in [0.1, 0.15) is 17.3 Å². The quantitative estimate of drug-likeness (QED) is 0.513. The second-order valence-electron chi connectivity index (χ2n) is 8.53. The Morgan fingerprint density at radius 2 is 1.93 bits per heavy atom. The molecule has 5 rings (SSSR count). The third-order valence-electron chi connectivity index (χ3n) is 7.11. The third-order valence-corrected chi connectivity index (χ3v) is 7.90. The molecule has 29 heavy (non-hydrogen) atoms. The molecule has 2 saturated carbocycles. The molecule has 152 valence electrons. The number of ether oxygens (including phenoxy) is 1. The molecular formula is C24H24BrClO3. The summed E-state index contributed by atoms with van der Waals surface area (Å²) in [6.45, 7) is 2.09. The first-order chi connectivity index (χ1) is 14.0. The van der Waals surface area contributed by atoms with Crippen LogP contribution in [0.2, 0.25) is 5.02 Å². The molecule has 5 heteroatoms. The smallest absolute Gasteiger partial charge is 0.146 e. The number of hydrogen-bond acceptors (Lipinski definition) is 3. The van der Waals surface area contributed by atoms with Crippen LogP contribution in [0.5, 0.6) is 11.5 Å². The zero-order chi connectivity index (χ0) is 20.3. The summed E-state index contributed by atoms with van der Waals surface area (Å²) in [6.07, 6.45) is 3.71. The fourth-order valence-corrected chi connectivity index (χ4v) is 6.59. The molecule has 1 unspecified atom stereocenters. The van der Waals surface area contributed by atoms with Gasteiger partial charge in [0, 0.05) is 21.9 Å². The SMILES string of the molecule is CCc1ccc(Oc2ccc(Br)cc2Cl)cc1C1=C(O)[C@H]2[C@H]3CC[C@H](C3)[C@H]2C1O. The predicted octanol–water partition coefficient (Wildman–Crippen LogP) is 6.76. The van der Waals surface area contributed by atoms with Crippen LogP contribution in [-0.4, -0.2) is 16.3 Å². The molecule has 2 aromatic carbocycles. The second-order valence-corrected chi connectivity index (χ2v) is 9.85. The zero-order valence-electron chi connectivity index (χ0n) is 16.2. The van der Waals surface area contributed by atoms with Gasteiger partial charge in [-0.1, -0.05) is 40.5 Å². The first-order valence-corrected chi connectivity index (χ1v) is 11.5. The molecule has 0 saturated heterocycles. The Kier molecular flexibility index (Phi) is 4.92. The van der Waals surface area contributed by atoms with E-state index in [1.165, 1.54) is 12.8 Å². The van der Waals surface area contributed by atoms with Gasteiger partial charge in [-0.15, -0.1) is 0 Å². The van der Waals surface area contributed by atoms with E-state index in [0.29, 0.717) is 39.7 Å². The minimum Gasteiger partial charge on any atom is -0.512 e. The lowest BCUT2D eigenvalue weighted by molar-refractivity contribution is 0.0997. The van der Waals surface area contributed by atoms with Gasteiger partial charge in [-0.05, 0) is 79.0 Å². The Hall–Kier alpha value is -1.49. The molecule has 0 aliphatic heterocycles. The van der Waals surface area contributed by atoms with E-state index in [1.54, 1.807) is 6.07 Å². The number of aliphatic hydroxyl groups is 2. The minimum absolute atomic E-state index is 0.119. The van der Waals surface area contributed by atoms with Gasteiger partial charge in [-0.25, -0.2) is 0 Å². The van der Waals surface area contributed by atoms with Gasteiger partial charge in [0.05, 0.1) is 11.1 Å².